The van der Waals surface area contributed by atoms with Crippen LogP contribution in [0.25, 0.3) is 0 Å². The van der Waals surface area contributed by atoms with Crippen LogP contribution in [0, 0.1) is 34.0 Å². The van der Waals surface area contributed by atoms with E-state index in [9.17, 15) is 18.0 Å². The van der Waals surface area contributed by atoms with Crippen LogP contribution < -0.4 is 0 Å². The predicted molar refractivity (Wildman–Crippen MR) is 60.5 cm³/mol. The topological polar surface area (TPSA) is 40.9 Å². The third-order valence-corrected chi connectivity index (χ3v) is 4.55. The monoisotopic (exact) mass is 261 g/mol. The Morgan fingerprint density at radius 2 is 1.61 bits per heavy atom. The van der Waals surface area contributed by atoms with E-state index in [0.29, 0.717) is 12.8 Å². The first-order chi connectivity index (χ1) is 7.92. The summed E-state index contributed by atoms with van der Waals surface area (Å²) in [6.07, 6.45) is -3.97. The van der Waals surface area contributed by atoms with E-state index < -0.39 is 23.8 Å². The molecule has 0 N–H and O–H groups in total. The molecule has 102 valence electrons. The molecule has 0 radical (unpaired) electrons. The van der Waals surface area contributed by atoms with Gasteiger partial charge in [-0.15, -0.1) is 0 Å². The van der Waals surface area contributed by atoms with Crippen molar-refractivity contribution in [1.29, 1.82) is 5.26 Å². The number of carbonyl (C=O) groups is 1. The molecule has 0 amide bonds. The molecule has 1 unspecified atom stereocenters. The number of nitrogens with zero attached hydrogens (tertiary/aromatic N) is 1. The van der Waals surface area contributed by atoms with Crippen LogP contribution in [-0.2, 0) is 4.79 Å². The quantitative estimate of drug-likeness (QED) is 0.760. The molecule has 0 bridgehead atoms. The maximum absolute atomic E-state index is 12.4. The van der Waals surface area contributed by atoms with Gasteiger partial charge < -0.3 is 0 Å². The molecule has 0 spiro atoms. The minimum absolute atomic E-state index is 0.168. The number of hydrogen-bond acceptors (Lipinski definition) is 2. The van der Waals surface area contributed by atoms with Crippen molar-refractivity contribution in [2.75, 3.05) is 0 Å². The van der Waals surface area contributed by atoms with Crippen molar-refractivity contribution in [3.63, 3.8) is 0 Å². The number of rotatable bonds is 2. The Bertz CT molecular complexity index is 374. The highest BCUT2D eigenvalue weighted by Crippen LogP contribution is 2.56. The van der Waals surface area contributed by atoms with Gasteiger partial charge in [0.05, 0.1) is 6.07 Å². The highest BCUT2D eigenvalue weighted by atomic mass is 19.4. The number of carbonyl (C=O) groups excluding carboxylic acids is 1. The van der Waals surface area contributed by atoms with Crippen LogP contribution in [0.15, 0.2) is 0 Å². The molecule has 1 saturated carbocycles. The average Bonchev–Trinajstić information content (AvgIpc) is 2.35. The lowest BCUT2D eigenvalue weighted by Gasteiger charge is -2.34. The smallest absolute Gasteiger partial charge is 0.288 e. The molecule has 0 aromatic carbocycles. The summed E-state index contributed by atoms with van der Waals surface area (Å²) >= 11 is 0. The summed E-state index contributed by atoms with van der Waals surface area (Å²) in [4.78, 5) is 11.3. The van der Waals surface area contributed by atoms with Crippen molar-refractivity contribution in [2.45, 2.75) is 46.7 Å². The molecular weight excluding hydrogens is 243 g/mol. The van der Waals surface area contributed by atoms with Gasteiger partial charge in [0.15, 0.2) is 0 Å². The Morgan fingerprint density at radius 3 is 1.89 bits per heavy atom. The Morgan fingerprint density at radius 1 is 1.22 bits per heavy atom. The second-order valence-corrected chi connectivity index (χ2v) is 6.40. The molecule has 0 heterocycles. The first kappa shape index (κ1) is 15.0. The fourth-order valence-electron chi connectivity index (χ4n) is 2.73. The van der Waals surface area contributed by atoms with E-state index >= 15 is 0 Å². The van der Waals surface area contributed by atoms with Crippen molar-refractivity contribution in [3.8, 4) is 6.07 Å². The lowest BCUT2D eigenvalue weighted by Crippen LogP contribution is -2.33. The van der Waals surface area contributed by atoms with Gasteiger partial charge in [-0.1, -0.05) is 27.7 Å². The molecule has 5 heteroatoms. The normalized spacial score (nSPS) is 24.6. The molecule has 18 heavy (non-hydrogen) atoms. The molecule has 0 aromatic rings. The lowest BCUT2D eigenvalue weighted by atomic mass is 9.71. The number of nitriles is 1. The summed E-state index contributed by atoms with van der Waals surface area (Å²) in [6.45, 7) is 7.89. The Hall–Kier alpha value is -1.05. The summed E-state index contributed by atoms with van der Waals surface area (Å²) in [5, 5.41) is 8.89. The third kappa shape index (κ3) is 2.52. The van der Waals surface area contributed by atoms with E-state index in [-0.39, 0.29) is 10.8 Å². The van der Waals surface area contributed by atoms with Gasteiger partial charge in [0.1, 0.15) is 5.92 Å². The van der Waals surface area contributed by atoms with Crippen LogP contribution >= 0.6 is 0 Å². The van der Waals surface area contributed by atoms with Gasteiger partial charge in [-0.25, -0.2) is 0 Å². The van der Waals surface area contributed by atoms with E-state index in [1.165, 1.54) is 0 Å². The molecule has 0 aromatic heterocycles. The average molecular weight is 261 g/mol. The highest BCUT2D eigenvalue weighted by molar-refractivity contribution is 5.88. The summed E-state index contributed by atoms with van der Waals surface area (Å²) in [5.74, 6) is -3.97. The van der Waals surface area contributed by atoms with Gasteiger partial charge in [-0.3, -0.25) is 4.79 Å². The summed E-state index contributed by atoms with van der Waals surface area (Å²) in [6, 6.07) is 1.56. The molecule has 1 atom stereocenters. The van der Waals surface area contributed by atoms with Gasteiger partial charge in [0.25, 0.3) is 5.78 Å². The summed E-state index contributed by atoms with van der Waals surface area (Å²) < 4.78 is 37.3. The van der Waals surface area contributed by atoms with E-state index in [0.717, 1.165) is 0 Å². The van der Waals surface area contributed by atoms with E-state index in [2.05, 4.69) is 0 Å². The second-order valence-electron chi connectivity index (χ2n) is 6.40. The number of Topliss-reactive ketones (excluding diaryl/α,β-unsaturated/α-hetero) is 1. The first-order valence-corrected chi connectivity index (χ1v) is 5.93. The predicted octanol–water partition coefficient (Wildman–Crippen LogP) is 3.72. The maximum Gasteiger partial charge on any atom is 0.451 e. The fraction of sp³-hybridized carbons (Fsp3) is 0.846. The SMILES string of the molecule is CC1(C)CC(C(C#N)C(=O)C(F)(F)F)CC1(C)C. The van der Waals surface area contributed by atoms with Gasteiger partial charge in [0.2, 0.25) is 0 Å². The largest absolute Gasteiger partial charge is 0.451 e. The van der Waals surface area contributed by atoms with Crippen LogP contribution in [0.4, 0.5) is 13.2 Å². The number of ketones is 1. The van der Waals surface area contributed by atoms with E-state index in [1.807, 2.05) is 27.7 Å². The standard InChI is InChI=1S/C13H18F3NO/c1-11(2)5-8(6-12(11,3)4)9(7-17)10(18)13(14,15)16/h8-9H,5-6H2,1-4H3. The zero-order valence-corrected chi connectivity index (χ0v) is 11.1. The van der Waals surface area contributed by atoms with Gasteiger partial charge in [-0.05, 0) is 29.6 Å². The minimum atomic E-state index is -4.92. The van der Waals surface area contributed by atoms with Crippen LogP contribution in [0.2, 0.25) is 0 Å². The number of hydrogen-bond donors (Lipinski definition) is 0. The van der Waals surface area contributed by atoms with Crippen molar-refractivity contribution < 1.29 is 18.0 Å². The van der Waals surface area contributed by atoms with Crippen LogP contribution in [0.1, 0.15) is 40.5 Å². The van der Waals surface area contributed by atoms with Crippen molar-refractivity contribution >= 4 is 5.78 Å². The van der Waals surface area contributed by atoms with Gasteiger partial charge in [-0.2, -0.15) is 18.4 Å². The molecule has 1 aliphatic carbocycles. The van der Waals surface area contributed by atoms with Crippen LogP contribution in [0.3, 0.4) is 0 Å². The first-order valence-electron chi connectivity index (χ1n) is 5.93. The van der Waals surface area contributed by atoms with Crippen molar-refractivity contribution in [3.05, 3.63) is 0 Å². The second kappa shape index (κ2) is 4.25. The minimum Gasteiger partial charge on any atom is -0.288 e. The van der Waals surface area contributed by atoms with Crippen molar-refractivity contribution in [2.24, 2.45) is 22.7 Å². The molecule has 2 nitrogen and oxygen atoms in total. The molecule has 0 aliphatic heterocycles. The molecule has 1 rings (SSSR count). The zero-order valence-electron chi connectivity index (χ0n) is 11.1. The summed E-state index contributed by atoms with van der Waals surface area (Å²) in [7, 11) is 0. The zero-order chi connectivity index (χ0) is 14.4. The fourth-order valence-corrected chi connectivity index (χ4v) is 2.73. The van der Waals surface area contributed by atoms with E-state index in [1.54, 1.807) is 6.07 Å². The highest BCUT2D eigenvalue weighted by Gasteiger charge is 2.53. The lowest BCUT2D eigenvalue weighted by molar-refractivity contribution is -0.175. The Kier molecular flexibility index (Phi) is 3.55. The Labute approximate surface area is 105 Å². The maximum atomic E-state index is 12.4. The van der Waals surface area contributed by atoms with Crippen LogP contribution in [0.5, 0.6) is 0 Å². The Balaban J connectivity index is 2.96. The van der Waals surface area contributed by atoms with E-state index in [4.69, 9.17) is 5.26 Å². The molecule has 1 aliphatic rings. The number of halogens is 3. The van der Waals surface area contributed by atoms with Crippen LogP contribution in [-0.4, -0.2) is 12.0 Å². The molecule has 1 fully saturated rings. The third-order valence-electron chi connectivity index (χ3n) is 4.55. The summed E-state index contributed by atoms with van der Waals surface area (Å²) in [5.41, 5.74) is -0.336. The van der Waals surface area contributed by atoms with Gasteiger partial charge >= 0.3 is 6.18 Å². The van der Waals surface area contributed by atoms with Crippen molar-refractivity contribution in [1.82, 2.24) is 0 Å². The molecule has 0 saturated heterocycles. The molecular formula is C13H18F3NO. The number of alkyl halides is 3. The van der Waals surface area contributed by atoms with Gasteiger partial charge in [0, 0.05) is 0 Å².